The lowest BCUT2D eigenvalue weighted by molar-refractivity contribution is 0.0624. The minimum Gasteiger partial charge on any atom is -0.504 e. The van der Waals surface area contributed by atoms with Gasteiger partial charge in [-0.2, -0.15) is 0 Å². The number of para-hydroxylation sites is 4. The van der Waals surface area contributed by atoms with E-state index in [0.29, 0.717) is 33.5 Å². The Morgan fingerprint density at radius 1 is 0.614 bits per heavy atom. The van der Waals surface area contributed by atoms with E-state index in [1.807, 2.05) is 0 Å². The second-order valence-electron chi connectivity index (χ2n) is 11.9. The summed E-state index contributed by atoms with van der Waals surface area (Å²) in [6.07, 6.45) is 1.59. The fourth-order valence-electron chi connectivity index (χ4n) is 4.20. The lowest BCUT2D eigenvalue weighted by atomic mass is 9.98. The number of benzene rings is 4. The van der Waals surface area contributed by atoms with Crippen molar-refractivity contribution >= 4 is 58.1 Å². The summed E-state index contributed by atoms with van der Waals surface area (Å²) in [7, 11) is 0. The predicted octanol–water partition coefficient (Wildman–Crippen LogP) is 8.45. The number of hydrogen-bond donors (Lipinski definition) is 4. The first kappa shape index (κ1) is 31.6. The number of amides is 2. The van der Waals surface area contributed by atoms with Gasteiger partial charge in [0.2, 0.25) is 0 Å². The molecule has 0 unspecified atom stereocenters. The van der Waals surface area contributed by atoms with Gasteiger partial charge in [0.1, 0.15) is 11.2 Å². The van der Waals surface area contributed by atoms with Crippen molar-refractivity contribution in [3.63, 3.8) is 0 Å². The number of fused-ring (bicyclic) bond motifs is 1. The number of nitrogens with one attached hydrogen (secondary N) is 2. The van der Waals surface area contributed by atoms with Gasteiger partial charge in [0.05, 0.1) is 22.7 Å². The van der Waals surface area contributed by atoms with Crippen molar-refractivity contribution < 1.29 is 29.3 Å². The van der Waals surface area contributed by atoms with E-state index in [0.717, 1.165) is 0 Å². The van der Waals surface area contributed by atoms with E-state index >= 15 is 0 Å². The number of nitrogens with zero attached hydrogens (tertiary/aromatic N) is 2. The average molecular weight is 597 g/mol. The highest BCUT2D eigenvalue weighted by Gasteiger charge is 2.20. The van der Waals surface area contributed by atoms with Crippen LogP contribution in [-0.4, -0.2) is 46.0 Å². The van der Waals surface area contributed by atoms with Crippen molar-refractivity contribution in [2.75, 3.05) is 10.6 Å². The maximum absolute atomic E-state index is 12.4. The smallest absolute Gasteiger partial charge is 0.412 e. The molecule has 4 N–H and O–H groups in total. The third-order valence-corrected chi connectivity index (χ3v) is 5.99. The molecule has 0 heterocycles. The summed E-state index contributed by atoms with van der Waals surface area (Å²) in [6, 6.07) is 21.0. The lowest BCUT2D eigenvalue weighted by Crippen LogP contribution is -2.27. The number of aromatic hydroxyl groups is 2. The van der Waals surface area contributed by atoms with Gasteiger partial charge in [-0.15, -0.1) is 0 Å². The number of carbonyl (C=O) groups is 2. The molecule has 0 aliphatic carbocycles. The van der Waals surface area contributed by atoms with E-state index in [1.54, 1.807) is 114 Å². The third-order valence-electron chi connectivity index (χ3n) is 5.99. The number of anilines is 2. The van der Waals surface area contributed by atoms with Crippen LogP contribution in [0.15, 0.2) is 82.8 Å². The molecule has 10 heteroatoms. The molecule has 0 spiro atoms. The highest BCUT2D eigenvalue weighted by Crippen LogP contribution is 2.39. The summed E-state index contributed by atoms with van der Waals surface area (Å²) >= 11 is 0. The molecule has 10 nitrogen and oxygen atoms in total. The number of hydrogen-bond acceptors (Lipinski definition) is 8. The summed E-state index contributed by atoms with van der Waals surface area (Å²) in [5.41, 5.74) is 0.853. The van der Waals surface area contributed by atoms with Gasteiger partial charge >= 0.3 is 12.2 Å². The van der Waals surface area contributed by atoms with E-state index in [2.05, 4.69) is 20.6 Å². The standard InChI is InChI=1S/C34H36N4O6/c1-33(2,3)43-31(41)37-27-17-11-9-15-25(27)35-19-23-21-13-7-8-14-22(21)24(30(40)29(23)39)20-36-26-16-10-12-18-28(26)38-32(42)44-34(4,5)6/h7-20,39-40H,1-6H3,(H,37,41)(H,38,42). The van der Waals surface area contributed by atoms with Crippen LogP contribution < -0.4 is 10.6 Å². The summed E-state index contributed by atoms with van der Waals surface area (Å²) in [5, 5.41) is 28.8. The summed E-state index contributed by atoms with van der Waals surface area (Å²) in [6.45, 7) is 10.6. The van der Waals surface area contributed by atoms with Crippen LogP contribution in [-0.2, 0) is 9.47 Å². The summed E-state index contributed by atoms with van der Waals surface area (Å²) in [4.78, 5) is 33.7. The first-order valence-corrected chi connectivity index (χ1v) is 13.9. The van der Waals surface area contributed by atoms with Gasteiger partial charge in [-0.05, 0) is 76.6 Å². The molecule has 0 aliphatic rings. The van der Waals surface area contributed by atoms with E-state index in [9.17, 15) is 19.8 Å². The minimum absolute atomic E-state index is 0.273. The van der Waals surface area contributed by atoms with Gasteiger partial charge in [0.25, 0.3) is 0 Å². The molecule has 0 atom stereocenters. The van der Waals surface area contributed by atoms with Crippen LogP contribution in [0.5, 0.6) is 11.5 Å². The molecule has 0 bridgehead atoms. The van der Waals surface area contributed by atoms with Gasteiger partial charge in [-0.3, -0.25) is 20.6 Å². The third kappa shape index (κ3) is 8.13. The number of phenols is 2. The Morgan fingerprint density at radius 3 is 1.32 bits per heavy atom. The normalized spacial score (nSPS) is 12.0. The Labute approximate surface area is 256 Å². The maximum Gasteiger partial charge on any atom is 0.412 e. The Hall–Kier alpha value is -5.38. The molecule has 0 radical (unpaired) electrons. The van der Waals surface area contributed by atoms with Crippen LogP contribution in [0.2, 0.25) is 0 Å². The molecule has 44 heavy (non-hydrogen) atoms. The molecule has 0 saturated heterocycles. The number of rotatable bonds is 6. The number of ether oxygens (including phenoxy) is 2. The second-order valence-corrected chi connectivity index (χ2v) is 11.9. The van der Waals surface area contributed by atoms with E-state index < -0.39 is 34.9 Å². The SMILES string of the molecule is CC(C)(C)OC(=O)Nc1ccccc1N=Cc1c(O)c(O)c(C=Nc2ccccc2NC(=O)OC(C)(C)C)c2ccccc12. The zero-order valence-corrected chi connectivity index (χ0v) is 25.5. The Bertz CT molecular complexity index is 1620. The fourth-order valence-corrected chi connectivity index (χ4v) is 4.20. The molecule has 0 aliphatic heterocycles. The van der Waals surface area contributed by atoms with Crippen molar-refractivity contribution in [3.8, 4) is 11.5 Å². The minimum atomic E-state index is -0.674. The van der Waals surface area contributed by atoms with Gasteiger partial charge in [0.15, 0.2) is 11.5 Å². The average Bonchev–Trinajstić information content (AvgIpc) is 2.92. The monoisotopic (exact) mass is 596 g/mol. The number of aliphatic imine (C=N–C) groups is 2. The number of carbonyl (C=O) groups excluding carboxylic acids is 2. The fraction of sp³-hybridized carbons (Fsp3) is 0.235. The van der Waals surface area contributed by atoms with Gasteiger partial charge in [0, 0.05) is 23.6 Å². The molecule has 4 aromatic rings. The van der Waals surface area contributed by atoms with E-state index in [-0.39, 0.29) is 11.1 Å². The van der Waals surface area contributed by atoms with Gasteiger partial charge < -0.3 is 19.7 Å². The number of phenolic OH excluding ortho intramolecular Hbond substituents is 2. The maximum atomic E-state index is 12.4. The van der Waals surface area contributed by atoms with Crippen molar-refractivity contribution in [2.24, 2.45) is 9.98 Å². The molecule has 4 rings (SSSR count). The second kappa shape index (κ2) is 12.9. The van der Waals surface area contributed by atoms with Crippen LogP contribution in [0.25, 0.3) is 10.8 Å². The zero-order chi connectivity index (χ0) is 32.1. The summed E-state index contributed by atoms with van der Waals surface area (Å²) < 4.78 is 10.7. The van der Waals surface area contributed by atoms with Gasteiger partial charge in [-0.25, -0.2) is 9.59 Å². The van der Waals surface area contributed by atoms with Crippen molar-refractivity contribution in [1.29, 1.82) is 0 Å². The molecule has 0 aromatic heterocycles. The molecule has 228 valence electrons. The van der Waals surface area contributed by atoms with Crippen LogP contribution >= 0.6 is 0 Å². The zero-order valence-electron chi connectivity index (χ0n) is 25.5. The highest BCUT2D eigenvalue weighted by molar-refractivity contribution is 6.12. The van der Waals surface area contributed by atoms with Crippen LogP contribution in [0.4, 0.5) is 32.3 Å². The van der Waals surface area contributed by atoms with Gasteiger partial charge in [-0.1, -0.05) is 48.5 Å². The molecule has 0 saturated carbocycles. The van der Waals surface area contributed by atoms with Crippen molar-refractivity contribution in [3.05, 3.63) is 83.9 Å². The quantitative estimate of drug-likeness (QED) is 0.130. The first-order chi connectivity index (χ1) is 20.7. The topological polar surface area (TPSA) is 142 Å². The van der Waals surface area contributed by atoms with Crippen LogP contribution in [0.1, 0.15) is 52.7 Å². The Kier molecular flexibility index (Phi) is 9.23. The summed E-state index contributed by atoms with van der Waals surface area (Å²) in [5.74, 6) is -0.793. The van der Waals surface area contributed by atoms with Crippen LogP contribution in [0.3, 0.4) is 0 Å². The molecule has 2 amide bonds. The highest BCUT2D eigenvalue weighted by atomic mass is 16.6. The Morgan fingerprint density at radius 2 is 0.955 bits per heavy atom. The Balaban J connectivity index is 1.69. The molecule has 4 aromatic carbocycles. The largest absolute Gasteiger partial charge is 0.504 e. The van der Waals surface area contributed by atoms with Crippen LogP contribution in [0, 0.1) is 0 Å². The van der Waals surface area contributed by atoms with Crippen molar-refractivity contribution in [2.45, 2.75) is 52.7 Å². The lowest BCUT2D eigenvalue weighted by Gasteiger charge is -2.20. The predicted molar refractivity (Wildman–Crippen MR) is 174 cm³/mol. The first-order valence-electron chi connectivity index (χ1n) is 13.9. The molecule has 0 fully saturated rings. The van der Waals surface area contributed by atoms with E-state index in [1.165, 1.54) is 12.4 Å². The van der Waals surface area contributed by atoms with E-state index in [4.69, 9.17) is 9.47 Å². The van der Waals surface area contributed by atoms with Crippen molar-refractivity contribution in [1.82, 2.24) is 0 Å². The molecular formula is C34H36N4O6. The molecular weight excluding hydrogens is 560 g/mol.